The van der Waals surface area contributed by atoms with Crippen LogP contribution in [-0.2, 0) is 4.79 Å². The molecule has 1 amide bonds. The summed E-state index contributed by atoms with van der Waals surface area (Å²) in [6.45, 7) is 1.93. The summed E-state index contributed by atoms with van der Waals surface area (Å²) in [5.74, 6) is 0.309. The molecule has 0 radical (unpaired) electrons. The molecule has 2 aromatic carbocycles. The molecule has 1 atom stereocenters. The van der Waals surface area contributed by atoms with Crippen molar-refractivity contribution >= 4 is 40.0 Å². The van der Waals surface area contributed by atoms with Crippen molar-refractivity contribution in [3.05, 3.63) is 71.5 Å². The highest BCUT2D eigenvalue weighted by molar-refractivity contribution is 8.00. The first kappa shape index (κ1) is 16.8. The Balaban J connectivity index is 1.67. The van der Waals surface area contributed by atoms with Crippen LogP contribution in [0.3, 0.4) is 0 Å². The molecule has 0 aliphatic rings. The van der Waals surface area contributed by atoms with Crippen molar-refractivity contribution in [3.8, 4) is 0 Å². The largest absolute Gasteiger partial charge is 0.347 e. The first-order chi connectivity index (χ1) is 11.6. The molecule has 0 saturated heterocycles. The summed E-state index contributed by atoms with van der Waals surface area (Å²) >= 11 is 7.81. The van der Waals surface area contributed by atoms with Gasteiger partial charge in [-0.2, -0.15) is 0 Å². The Bertz CT molecular complexity index is 849. The highest BCUT2D eigenvalue weighted by Crippen LogP contribution is 2.33. The van der Waals surface area contributed by atoms with E-state index in [1.807, 2.05) is 61.5 Å². The average molecular weight is 357 g/mol. The second-order valence-electron chi connectivity index (χ2n) is 5.43. The maximum absolute atomic E-state index is 12.2. The molecule has 3 nitrogen and oxygen atoms in total. The third kappa shape index (κ3) is 3.89. The van der Waals surface area contributed by atoms with Crippen molar-refractivity contribution in [2.45, 2.75) is 17.9 Å². The summed E-state index contributed by atoms with van der Waals surface area (Å²) in [5, 5.41) is 5.76. The molecule has 0 aliphatic heterocycles. The van der Waals surface area contributed by atoms with Crippen LogP contribution in [0.5, 0.6) is 0 Å². The monoisotopic (exact) mass is 356 g/mol. The van der Waals surface area contributed by atoms with Crippen LogP contribution in [0, 0.1) is 0 Å². The van der Waals surface area contributed by atoms with E-state index >= 15 is 0 Å². The van der Waals surface area contributed by atoms with Gasteiger partial charge in [-0.25, -0.2) is 0 Å². The van der Waals surface area contributed by atoms with Gasteiger partial charge in [0.2, 0.25) is 5.91 Å². The van der Waals surface area contributed by atoms with E-state index in [9.17, 15) is 4.79 Å². The lowest BCUT2D eigenvalue weighted by Gasteiger charge is -2.13. The van der Waals surface area contributed by atoms with Gasteiger partial charge in [0.05, 0.1) is 17.5 Å². The van der Waals surface area contributed by atoms with E-state index in [1.54, 1.807) is 6.20 Å². The maximum atomic E-state index is 12.2. The summed E-state index contributed by atoms with van der Waals surface area (Å²) < 4.78 is 0. The van der Waals surface area contributed by atoms with Crippen LogP contribution in [-0.4, -0.2) is 16.6 Å². The van der Waals surface area contributed by atoms with Gasteiger partial charge in [-0.05, 0) is 36.6 Å². The van der Waals surface area contributed by atoms with Crippen molar-refractivity contribution in [2.75, 3.05) is 5.75 Å². The maximum Gasteiger partial charge on any atom is 0.230 e. The number of thioether (sulfide) groups is 1. The van der Waals surface area contributed by atoms with Crippen molar-refractivity contribution in [2.24, 2.45) is 0 Å². The minimum atomic E-state index is -0.115. The molecule has 24 heavy (non-hydrogen) atoms. The fourth-order valence-corrected chi connectivity index (χ4v) is 3.77. The number of carbonyl (C=O) groups is 1. The molecule has 3 rings (SSSR count). The van der Waals surface area contributed by atoms with Crippen molar-refractivity contribution < 1.29 is 4.79 Å². The normalized spacial score (nSPS) is 12.1. The summed E-state index contributed by atoms with van der Waals surface area (Å²) in [7, 11) is 0. The number of hydrogen-bond donors (Lipinski definition) is 1. The Kier molecular flexibility index (Phi) is 5.38. The zero-order valence-corrected chi connectivity index (χ0v) is 14.8. The standard InChI is InChI=1S/C19H17ClN2OS/c1-13(16-9-2-3-11-21-16)22-18(23)12-24-17-10-5-7-14-6-4-8-15(20)19(14)17/h2-11,13H,12H2,1H3,(H,22,23). The van der Waals surface area contributed by atoms with Gasteiger partial charge in [-0.1, -0.05) is 41.9 Å². The van der Waals surface area contributed by atoms with Gasteiger partial charge in [0, 0.05) is 21.5 Å². The lowest BCUT2D eigenvalue weighted by Crippen LogP contribution is -2.28. The highest BCUT2D eigenvalue weighted by atomic mass is 35.5. The predicted octanol–water partition coefficient (Wildman–Crippen LogP) is 4.86. The van der Waals surface area contributed by atoms with Gasteiger partial charge in [0.1, 0.15) is 0 Å². The van der Waals surface area contributed by atoms with E-state index in [2.05, 4.69) is 10.3 Å². The molecule has 5 heteroatoms. The molecule has 0 saturated carbocycles. The number of fused-ring (bicyclic) bond motifs is 1. The molecule has 0 aliphatic carbocycles. The number of amides is 1. The van der Waals surface area contributed by atoms with Crippen LogP contribution in [0.4, 0.5) is 0 Å². The number of nitrogens with one attached hydrogen (secondary N) is 1. The number of pyridine rings is 1. The average Bonchev–Trinajstić information content (AvgIpc) is 2.61. The first-order valence-electron chi connectivity index (χ1n) is 7.65. The zero-order chi connectivity index (χ0) is 16.9. The van der Waals surface area contributed by atoms with Gasteiger partial charge in [-0.3, -0.25) is 9.78 Å². The molecule has 0 fully saturated rings. The Hall–Kier alpha value is -2.04. The summed E-state index contributed by atoms with van der Waals surface area (Å²) in [6.07, 6.45) is 1.73. The van der Waals surface area contributed by atoms with Crippen LogP contribution in [0.15, 0.2) is 65.7 Å². The molecule has 122 valence electrons. The molecule has 0 spiro atoms. The van der Waals surface area contributed by atoms with Crippen LogP contribution < -0.4 is 5.32 Å². The molecule has 1 heterocycles. The second-order valence-corrected chi connectivity index (χ2v) is 6.85. The Morgan fingerprint density at radius 2 is 1.96 bits per heavy atom. The van der Waals surface area contributed by atoms with E-state index in [-0.39, 0.29) is 11.9 Å². The minimum Gasteiger partial charge on any atom is -0.347 e. The summed E-state index contributed by atoms with van der Waals surface area (Å²) in [5.41, 5.74) is 0.851. The van der Waals surface area contributed by atoms with Gasteiger partial charge in [-0.15, -0.1) is 11.8 Å². The van der Waals surface area contributed by atoms with E-state index in [0.29, 0.717) is 10.8 Å². The predicted molar refractivity (Wildman–Crippen MR) is 100 cm³/mol. The summed E-state index contributed by atoms with van der Waals surface area (Å²) in [4.78, 5) is 17.5. The van der Waals surface area contributed by atoms with Crippen molar-refractivity contribution in [1.82, 2.24) is 10.3 Å². The number of carbonyl (C=O) groups excluding carboxylic acids is 1. The Morgan fingerprint density at radius 3 is 2.71 bits per heavy atom. The molecule has 1 unspecified atom stereocenters. The molecule has 3 aromatic rings. The summed E-state index contributed by atoms with van der Waals surface area (Å²) in [6, 6.07) is 17.4. The van der Waals surface area contributed by atoms with Gasteiger partial charge in [0.25, 0.3) is 0 Å². The topological polar surface area (TPSA) is 42.0 Å². The smallest absolute Gasteiger partial charge is 0.230 e. The lowest BCUT2D eigenvalue weighted by atomic mass is 10.1. The number of halogens is 1. The van der Waals surface area contributed by atoms with E-state index < -0.39 is 0 Å². The first-order valence-corrected chi connectivity index (χ1v) is 9.02. The minimum absolute atomic E-state index is 0.0257. The quantitative estimate of drug-likeness (QED) is 0.664. The third-order valence-corrected chi connectivity index (χ3v) is 5.06. The lowest BCUT2D eigenvalue weighted by molar-refractivity contribution is -0.119. The van der Waals surface area contributed by atoms with E-state index in [1.165, 1.54) is 11.8 Å². The molecule has 1 aromatic heterocycles. The van der Waals surface area contributed by atoms with Gasteiger partial charge >= 0.3 is 0 Å². The highest BCUT2D eigenvalue weighted by Gasteiger charge is 2.12. The van der Waals surface area contributed by atoms with Crippen LogP contribution in [0.1, 0.15) is 18.7 Å². The van der Waals surface area contributed by atoms with Gasteiger partial charge in [0.15, 0.2) is 0 Å². The Labute approximate surface area is 150 Å². The number of nitrogens with zero attached hydrogens (tertiary/aromatic N) is 1. The molecule has 1 N–H and O–H groups in total. The van der Waals surface area contributed by atoms with Crippen molar-refractivity contribution in [3.63, 3.8) is 0 Å². The fraction of sp³-hybridized carbons (Fsp3) is 0.158. The Morgan fingerprint density at radius 1 is 1.17 bits per heavy atom. The van der Waals surface area contributed by atoms with Crippen LogP contribution >= 0.6 is 23.4 Å². The third-order valence-electron chi connectivity index (χ3n) is 3.68. The number of aromatic nitrogens is 1. The number of rotatable bonds is 5. The fourth-order valence-electron chi connectivity index (χ4n) is 2.51. The molecular weight excluding hydrogens is 340 g/mol. The zero-order valence-electron chi connectivity index (χ0n) is 13.2. The second kappa shape index (κ2) is 7.69. The SMILES string of the molecule is CC(NC(=O)CSc1cccc2cccc(Cl)c12)c1ccccn1. The number of benzene rings is 2. The van der Waals surface area contributed by atoms with Crippen LogP contribution in [0.25, 0.3) is 10.8 Å². The van der Waals surface area contributed by atoms with Crippen LogP contribution in [0.2, 0.25) is 5.02 Å². The number of hydrogen-bond acceptors (Lipinski definition) is 3. The van der Waals surface area contributed by atoms with E-state index in [0.717, 1.165) is 21.4 Å². The molecular formula is C19H17ClN2OS. The van der Waals surface area contributed by atoms with Crippen molar-refractivity contribution in [1.29, 1.82) is 0 Å². The van der Waals surface area contributed by atoms with E-state index in [4.69, 9.17) is 11.6 Å². The molecule has 0 bridgehead atoms. The van der Waals surface area contributed by atoms with Gasteiger partial charge < -0.3 is 5.32 Å².